The molecule has 0 unspecified atom stereocenters. The molecule has 0 aliphatic heterocycles. The number of nitrogens with one attached hydrogen (secondary N) is 2. The van der Waals surface area contributed by atoms with Crippen LogP contribution in [-0.2, 0) is 4.79 Å². The van der Waals surface area contributed by atoms with Gasteiger partial charge in [-0.15, -0.1) is 0 Å². The van der Waals surface area contributed by atoms with Gasteiger partial charge < -0.3 is 16.4 Å². The molecule has 7 heteroatoms. The summed E-state index contributed by atoms with van der Waals surface area (Å²) in [5.41, 5.74) is 5.66. The van der Waals surface area contributed by atoms with Crippen LogP contribution in [0.15, 0.2) is 12.3 Å². The van der Waals surface area contributed by atoms with Crippen LogP contribution in [0.25, 0.3) is 0 Å². The van der Waals surface area contributed by atoms with Gasteiger partial charge in [-0.3, -0.25) is 4.79 Å². The number of rotatable bonds is 4. The summed E-state index contributed by atoms with van der Waals surface area (Å²) < 4.78 is 0. The number of thiocarbonyl (C=S) groups is 1. The first-order valence-corrected chi connectivity index (χ1v) is 5.86. The Balaban J connectivity index is 2.56. The number of nitrogens with zero attached hydrogens (tertiary/aromatic N) is 2. The first kappa shape index (κ1) is 14.3. The number of carbonyl (C=O) groups excluding carboxylic acids is 1. The maximum Gasteiger partial charge on any atom is 0.239 e. The van der Waals surface area contributed by atoms with Crippen molar-refractivity contribution < 1.29 is 4.79 Å². The molecular weight excluding hydrogens is 250 g/mol. The van der Waals surface area contributed by atoms with Gasteiger partial charge in [0, 0.05) is 11.7 Å². The Bertz CT molecular complexity index is 455. The van der Waals surface area contributed by atoms with Gasteiger partial charge in [0.15, 0.2) is 0 Å². The third kappa shape index (κ3) is 5.05. The van der Waals surface area contributed by atoms with Crippen molar-refractivity contribution in [3.05, 3.63) is 18.0 Å². The summed E-state index contributed by atoms with van der Waals surface area (Å²) in [6, 6.07) is 1.61. The lowest BCUT2D eigenvalue weighted by molar-refractivity contribution is -0.120. The SMILES string of the molecule is CC(C)(C)NC(=O)CNc1nccc(C(N)=S)n1. The molecular formula is C11H17N5OS. The molecule has 1 heterocycles. The van der Waals surface area contributed by atoms with Crippen LogP contribution in [-0.4, -0.2) is 32.9 Å². The minimum Gasteiger partial charge on any atom is -0.388 e. The molecule has 0 radical (unpaired) electrons. The molecule has 1 rings (SSSR count). The molecule has 0 saturated carbocycles. The number of hydrogen-bond acceptors (Lipinski definition) is 5. The van der Waals surface area contributed by atoms with Gasteiger partial charge in [-0.25, -0.2) is 9.97 Å². The van der Waals surface area contributed by atoms with Crippen LogP contribution in [0, 0.1) is 0 Å². The molecule has 0 aromatic carbocycles. The number of nitrogens with two attached hydrogens (primary N) is 1. The average Bonchev–Trinajstić information content (AvgIpc) is 2.24. The van der Waals surface area contributed by atoms with Gasteiger partial charge in [-0.1, -0.05) is 12.2 Å². The van der Waals surface area contributed by atoms with Gasteiger partial charge in [0.1, 0.15) is 10.7 Å². The van der Waals surface area contributed by atoms with Crippen LogP contribution in [0.2, 0.25) is 0 Å². The molecule has 1 aromatic heterocycles. The average molecular weight is 267 g/mol. The standard InChI is InChI=1S/C11H17N5OS/c1-11(2,3)16-8(17)6-14-10-13-5-4-7(15-10)9(12)18/h4-5H,6H2,1-3H3,(H2,12,18)(H,16,17)(H,13,14,15). The quantitative estimate of drug-likeness (QED) is 0.685. The van der Waals surface area contributed by atoms with Gasteiger partial charge in [0.2, 0.25) is 11.9 Å². The summed E-state index contributed by atoms with van der Waals surface area (Å²) in [7, 11) is 0. The smallest absolute Gasteiger partial charge is 0.239 e. The highest BCUT2D eigenvalue weighted by atomic mass is 32.1. The normalized spacial score (nSPS) is 10.8. The predicted octanol–water partition coefficient (Wildman–Crippen LogP) is 0.437. The van der Waals surface area contributed by atoms with Crippen LogP contribution in [0.3, 0.4) is 0 Å². The van der Waals surface area contributed by atoms with Gasteiger partial charge in [0.25, 0.3) is 0 Å². The summed E-state index contributed by atoms with van der Waals surface area (Å²) in [5.74, 6) is 0.191. The zero-order valence-electron chi connectivity index (χ0n) is 10.7. The van der Waals surface area contributed by atoms with Crippen molar-refractivity contribution in [3.63, 3.8) is 0 Å². The predicted molar refractivity (Wildman–Crippen MR) is 74.3 cm³/mol. The Labute approximate surface area is 111 Å². The molecule has 18 heavy (non-hydrogen) atoms. The Morgan fingerprint density at radius 2 is 2.17 bits per heavy atom. The van der Waals surface area contributed by atoms with Crippen molar-refractivity contribution in [3.8, 4) is 0 Å². The molecule has 6 nitrogen and oxygen atoms in total. The first-order chi connectivity index (χ1) is 8.28. The summed E-state index contributed by atoms with van der Waals surface area (Å²) in [4.78, 5) is 19.8. The van der Waals surface area contributed by atoms with Crippen molar-refractivity contribution in [2.45, 2.75) is 26.3 Å². The summed E-state index contributed by atoms with van der Waals surface area (Å²) in [5, 5.41) is 5.63. The molecule has 0 fully saturated rings. The van der Waals surface area contributed by atoms with E-state index in [1.165, 1.54) is 6.20 Å². The maximum absolute atomic E-state index is 11.6. The molecule has 1 aromatic rings. The van der Waals surface area contributed by atoms with Gasteiger partial charge in [0.05, 0.1) is 6.54 Å². The lowest BCUT2D eigenvalue weighted by Gasteiger charge is -2.20. The fourth-order valence-electron chi connectivity index (χ4n) is 1.20. The lowest BCUT2D eigenvalue weighted by atomic mass is 10.1. The van der Waals surface area contributed by atoms with Crippen molar-refractivity contribution in [1.82, 2.24) is 15.3 Å². The van der Waals surface area contributed by atoms with Gasteiger partial charge in [-0.2, -0.15) is 0 Å². The van der Waals surface area contributed by atoms with E-state index in [4.69, 9.17) is 18.0 Å². The van der Waals surface area contributed by atoms with Gasteiger partial charge >= 0.3 is 0 Å². The molecule has 98 valence electrons. The second kappa shape index (κ2) is 5.72. The lowest BCUT2D eigenvalue weighted by Crippen LogP contribution is -2.43. The van der Waals surface area contributed by atoms with Gasteiger partial charge in [-0.05, 0) is 26.8 Å². The Morgan fingerprint density at radius 3 is 2.72 bits per heavy atom. The van der Waals surface area contributed by atoms with Crippen LogP contribution >= 0.6 is 12.2 Å². The van der Waals surface area contributed by atoms with Crippen molar-refractivity contribution >= 4 is 29.1 Å². The van der Waals surface area contributed by atoms with E-state index in [2.05, 4.69) is 20.6 Å². The number of aromatic nitrogens is 2. The Hall–Kier alpha value is -1.76. The minimum atomic E-state index is -0.264. The third-order valence-corrected chi connectivity index (χ3v) is 2.04. The Kier molecular flexibility index (Phi) is 4.55. The second-order valence-corrected chi connectivity index (χ2v) is 5.22. The number of anilines is 1. The highest BCUT2D eigenvalue weighted by Gasteiger charge is 2.13. The van der Waals surface area contributed by atoms with Crippen molar-refractivity contribution in [1.29, 1.82) is 0 Å². The first-order valence-electron chi connectivity index (χ1n) is 5.46. The zero-order valence-corrected chi connectivity index (χ0v) is 11.5. The molecule has 0 spiro atoms. The van der Waals surface area contributed by atoms with E-state index in [-0.39, 0.29) is 23.0 Å². The third-order valence-electron chi connectivity index (χ3n) is 1.83. The van der Waals surface area contributed by atoms with E-state index in [9.17, 15) is 4.79 Å². The van der Waals surface area contributed by atoms with E-state index in [0.29, 0.717) is 11.6 Å². The molecule has 0 saturated heterocycles. The highest BCUT2D eigenvalue weighted by molar-refractivity contribution is 7.80. The van der Waals surface area contributed by atoms with Crippen LogP contribution in [0.4, 0.5) is 5.95 Å². The van der Waals surface area contributed by atoms with Crippen molar-refractivity contribution in [2.24, 2.45) is 5.73 Å². The molecule has 0 aliphatic carbocycles. The number of amides is 1. The second-order valence-electron chi connectivity index (χ2n) is 4.78. The topological polar surface area (TPSA) is 92.9 Å². The van der Waals surface area contributed by atoms with Crippen LogP contribution in [0.1, 0.15) is 26.5 Å². The molecule has 0 aliphatic rings. The van der Waals surface area contributed by atoms with Crippen LogP contribution in [0.5, 0.6) is 0 Å². The van der Waals surface area contributed by atoms with E-state index in [1.807, 2.05) is 20.8 Å². The zero-order chi connectivity index (χ0) is 13.8. The number of hydrogen-bond donors (Lipinski definition) is 3. The fourth-order valence-corrected chi connectivity index (χ4v) is 1.32. The largest absolute Gasteiger partial charge is 0.388 e. The molecule has 0 atom stereocenters. The van der Waals surface area contributed by atoms with E-state index < -0.39 is 0 Å². The van der Waals surface area contributed by atoms with E-state index in [1.54, 1.807) is 6.07 Å². The summed E-state index contributed by atoms with van der Waals surface area (Å²) >= 11 is 4.81. The fraction of sp³-hybridized carbons (Fsp3) is 0.455. The molecule has 4 N–H and O–H groups in total. The molecule has 1 amide bonds. The minimum absolute atomic E-state index is 0.0953. The van der Waals surface area contributed by atoms with Crippen molar-refractivity contribution in [2.75, 3.05) is 11.9 Å². The maximum atomic E-state index is 11.6. The summed E-state index contributed by atoms with van der Waals surface area (Å²) in [6.45, 7) is 5.83. The Morgan fingerprint density at radius 1 is 1.50 bits per heavy atom. The molecule has 0 bridgehead atoms. The summed E-state index contributed by atoms with van der Waals surface area (Å²) in [6.07, 6.45) is 1.53. The number of carbonyl (C=O) groups is 1. The van der Waals surface area contributed by atoms with Crippen LogP contribution < -0.4 is 16.4 Å². The van der Waals surface area contributed by atoms with E-state index in [0.717, 1.165) is 0 Å². The highest BCUT2D eigenvalue weighted by Crippen LogP contribution is 2.01. The monoisotopic (exact) mass is 267 g/mol. The van der Waals surface area contributed by atoms with E-state index >= 15 is 0 Å².